The number of hydrogen-bond acceptors (Lipinski definition) is 7. The van der Waals surface area contributed by atoms with Crippen LogP contribution in [0.2, 0.25) is 0 Å². The smallest absolute Gasteiger partial charge is 0.204 e. The second kappa shape index (κ2) is 11.9. The number of halogens is 3. The number of fused-ring (bicyclic) bond motifs is 2. The summed E-state index contributed by atoms with van der Waals surface area (Å²) in [4.78, 5) is 24.3. The molecule has 37 heavy (non-hydrogen) atoms. The first-order chi connectivity index (χ1) is 17.8. The van der Waals surface area contributed by atoms with Crippen LogP contribution in [0.1, 0.15) is 52.8 Å². The molecule has 2 aromatic carbocycles. The van der Waals surface area contributed by atoms with Crippen molar-refractivity contribution >= 4 is 43.4 Å². The molecule has 4 heterocycles. The van der Waals surface area contributed by atoms with E-state index < -0.39 is 23.2 Å². The molecule has 0 saturated carbocycles. The number of ether oxygens (including phenoxy) is 4. The predicted octanol–water partition coefficient (Wildman–Crippen LogP) is 5.48. The van der Waals surface area contributed by atoms with Gasteiger partial charge in [0.05, 0.1) is 30.8 Å². The normalized spacial score (nSPS) is 28.0. The van der Waals surface area contributed by atoms with Crippen molar-refractivity contribution in [1.29, 1.82) is 0 Å². The summed E-state index contributed by atoms with van der Waals surface area (Å²) in [5, 5.41) is 7.00. The monoisotopic (exact) mass is 642 g/mol. The molecule has 1 N–H and O–H groups in total. The third-order valence-electron chi connectivity index (χ3n) is 6.78. The molecule has 0 aliphatic carbocycles. The van der Waals surface area contributed by atoms with Crippen molar-refractivity contribution in [2.45, 2.75) is 49.5 Å². The van der Waals surface area contributed by atoms with Gasteiger partial charge in [0.15, 0.2) is 11.4 Å². The summed E-state index contributed by atoms with van der Waals surface area (Å²) in [7, 11) is 1.00. The van der Waals surface area contributed by atoms with Gasteiger partial charge in [0, 0.05) is 29.3 Å². The maximum Gasteiger partial charge on any atom is 0.204 e. The molecule has 200 valence electrons. The number of benzene rings is 2. The number of alkyl halides is 1. The summed E-state index contributed by atoms with van der Waals surface area (Å²) in [6.45, 7) is 2.02. The highest BCUT2D eigenvalue weighted by atomic mass is 79.9. The molecule has 2 aromatic rings. The van der Waals surface area contributed by atoms with Gasteiger partial charge >= 0.3 is 0 Å². The highest BCUT2D eigenvalue weighted by Crippen LogP contribution is 2.41. The lowest BCUT2D eigenvalue weighted by Crippen LogP contribution is -2.57. The minimum absolute atomic E-state index is 0.134. The van der Waals surface area contributed by atoms with Crippen molar-refractivity contribution in [1.82, 2.24) is 0 Å². The predicted molar refractivity (Wildman–Crippen MR) is 141 cm³/mol. The van der Waals surface area contributed by atoms with Crippen molar-refractivity contribution < 1.29 is 38.0 Å². The van der Waals surface area contributed by atoms with Gasteiger partial charge < -0.3 is 24.1 Å². The number of aliphatic hydroxyl groups excluding tert-OH is 1. The van der Waals surface area contributed by atoms with Crippen molar-refractivity contribution in [3.8, 4) is 11.5 Å². The summed E-state index contributed by atoms with van der Waals surface area (Å²) in [6.07, 6.45) is 1.85. The first-order valence-corrected chi connectivity index (χ1v) is 13.7. The van der Waals surface area contributed by atoms with Crippen LogP contribution >= 0.6 is 31.9 Å². The lowest BCUT2D eigenvalue weighted by atomic mass is 9.84. The van der Waals surface area contributed by atoms with Crippen LogP contribution in [0.4, 0.5) is 4.39 Å². The van der Waals surface area contributed by atoms with Crippen molar-refractivity contribution in [3.05, 3.63) is 56.5 Å². The van der Waals surface area contributed by atoms with Crippen molar-refractivity contribution in [2.24, 2.45) is 0 Å². The standard InChI is InChI=1S/C13H12BrFO3.C13H13BrO3.CH4O/c14-8-2-3-10-9(6-8)11(16)12(15)13(18-10)4-1-5-17-7-13;14-9-2-3-12-10(6-9)11(15)7-13(17-12)4-1-5-16-8-13;1-2/h2-3,6,12H,1,4-5,7H2;2-3,6H,1,4-5,7-8H2;2H,1H3. The van der Waals surface area contributed by atoms with Crippen LogP contribution in [0.5, 0.6) is 11.5 Å². The summed E-state index contributed by atoms with van der Waals surface area (Å²) in [6, 6.07) is 10.7. The van der Waals surface area contributed by atoms with E-state index in [1.54, 1.807) is 18.2 Å². The number of ketones is 2. The molecule has 3 atom stereocenters. The van der Waals surface area contributed by atoms with Gasteiger partial charge in [-0.05, 0) is 62.1 Å². The average molecular weight is 644 g/mol. The molecule has 0 aromatic heterocycles. The van der Waals surface area contributed by atoms with Gasteiger partial charge in [-0.3, -0.25) is 9.59 Å². The number of aliphatic hydroxyl groups is 1. The van der Waals surface area contributed by atoms with Crippen LogP contribution in [0.25, 0.3) is 0 Å². The Balaban J connectivity index is 0.000000162. The molecule has 2 fully saturated rings. The number of Topliss-reactive ketones (excluding diaryl/α,β-unsaturated/α-hetero) is 2. The number of rotatable bonds is 0. The lowest BCUT2D eigenvalue weighted by molar-refractivity contribution is -0.104. The number of hydrogen-bond donors (Lipinski definition) is 1. The van der Waals surface area contributed by atoms with Crippen LogP contribution in [0.3, 0.4) is 0 Å². The van der Waals surface area contributed by atoms with Gasteiger partial charge in [-0.25, -0.2) is 4.39 Å². The lowest BCUT2D eigenvalue weighted by Gasteiger charge is -2.42. The molecule has 2 saturated heterocycles. The van der Waals surface area contributed by atoms with Gasteiger partial charge in [-0.1, -0.05) is 31.9 Å². The van der Waals surface area contributed by atoms with Gasteiger partial charge in [0.2, 0.25) is 12.0 Å². The van der Waals surface area contributed by atoms with Gasteiger partial charge in [0.1, 0.15) is 17.1 Å². The Bertz CT molecular complexity index is 1140. The second-order valence-corrected chi connectivity index (χ2v) is 11.2. The molecule has 4 aliphatic rings. The Labute approximate surface area is 231 Å². The maximum absolute atomic E-state index is 14.4. The van der Waals surface area contributed by atoms with E-state index >= 15 is 0 Å². The van der Waals surface area contributed by atoms with Crippen LogP contribution in [-0.4, -0.2) is 67.6 Å². The van der Waals surface area contributed by atoms with E-state index in [0.717, 1.165) is 35.5 Å². The van der Waals surface area contributed by atoms with Gasteiger partial charge in [-0.2, -0.15) is 0 Å². The molecule has 10 heteroatoms. The van der Waals surface area contributed by atoms with Crippen LogP contribution in [0.15, 0.2) is 45.3 Å². The Hall–Kier alpha value is -1.85. The fraction of sp³-hybridized carbons (Fsp3) is 0.481. The molecule has 2 spiro atoms. The van der Waals surface area contributed by atoms with E-state index in [4.69, 9.17) is 24.1 Å². The van der Waals surface area contributed by atoms with E-state index in [-0.39, 0.29) is 12.4 Å². The number of carbonyl (C=O) groups excluding carboxylic acids is 2. The molecule has 4 aliphatic heterocycles. The van der Waals surface area contributed by atoms with Crippen molar-refractivity contribution in [3.63, 3.8) is 0 Å². The molecule has 0 radical (unpaired) electrons. The Morgan fingerprint density at radius 2 is 1.46 bits per heavy atom. The zero-order valence-corrected chi connectivity index (χ0v) is 23.6. The fourth-order valence-corrected chi connectivity index (χ4v) is 5.74. The molecule has 7 nitrogen and oxygen atoms in total. The van der Waals surface area contributed by atoms with E-state index in [1.165, 1.54) is 0 Å². The van der Waals surface area contributed by atoms with Crippen LogP contribution in [-0.2, 0) is 9.47 Å². The summed E-state index contributed by atoms with van der Waals surface area (Å²) in [5.74, 6) is 0.777. The molecular weight excluding hydrogens is 615 g/mol. The molecular formula is C27H29Br2FO7. The minimum atomic E-state index is -1.65. The van der Waals surface area contributed by atoms with E-state index in [0.29, 0.717) is 55.1 Å². The molecule has 3 unspecified atom stereocenters. The summed E-state index contributed by atoms with van der Waals surface area (Å²) < 4.78 is 38.5. The van der Waals surface area contributed by atoms with E-state index in [1.807, 2.05) is 18.2 Å². The highest BCUT2D eigenvalue weighted by molar-refractivity contribution is 9.10. The SMILES string of the molecule is CO.O=C1CC2(CCCOC2)Oc2ccc(Br)cc21.O=C1c2cc(Br)ccc2OC2(CCCOC2)C1F. The second-order valence-electron chi connectivity index (χ2n) is 9.37. The zero-order valence-electron chi connectivity index (χ0n) is 20.4. The minimum Gasteiger partial charge on any atom is -0.484 e. The summed E-state index contributed by atoms with van der Waals surface area (Å²) >= 11 is 6.64. The first kappa shape index (κ1) is 28.2. The van der Waals surface area contributed by atoms with E-state index in [9.17, 15) is 14.0 Å². The number of carbonyl (C=O) groups is 2. The Kier molecular flexibility index (Phi) is 9.06. The van der Waals surface area contributed by atoms with Crippen LogP contribution in [0, 0.1) is 0 Å². The van der Waals surface area contributed by atoms with Gasteiger partial charge in [-0.15, -0.1) is 0 Å². The fourth-order valence-electron chi connectivity index (χ4n) is 5.01. The maximum atomic E-state index is 14.4. The quantitative estimate of drug-likeness (QED) is 0.406. The Morgan fingerprint density at radius 1 is 0.865 bits per heavy atom. The summed E-state index contributed by atoms with van der Waals surface area (Å²) in [5.41, 5.74) is -0.574. The van der Waals surface area contributed by atoms with Crippen LogP contribution < -0.4 is 9.47 Å². The average Bonchev–Trinajstić information content (AvgIpc) is 2.91. The van der Waals surface area contributed by atoms with E-state index in [2.05, 4.69) is 31.9 Å². The van der Waals surface area contributed by atoms with Crippen molar-refractivity contribution in [2.75, 3.05) is 33.5 Å². The van der Waals surface area contributed by atoms with Gasteiger partial charge in [0.25, 0.3) is 0 Å². The first-order valence-electron chi connectivity index (χ1n) is 12.1. The zero-order chi connectivity index (χ0) is 26.6. The third kappa shape index (κ3) is 5.93. The highest BCUT2D eigenvalue weighted by Gasteiger charge is 2.51. The Morgan fingerprint density at radius 3 is 2.05 bits per heavy atom. The molecule has 0 amide bonds. The molecule has 6 rings (SSSR count). The largest absolute Gasteiger partial charge is 0.484 e. The molecule has 0 bridgehead atoms. The topological polar surface area (TPSA) is 91.3 Å². The third-order valence-corrected chi connectivity index (χ3v) is 7.77.